The Balaban J connectivity index is 1.77. The standard InChI is InChI=1S/C30H29FN2O3/c1-18-22-11-8-14-36-29(22)26(31)16-23(18)28-24(17-27(34)35-4)19(2)32-30-25(28)15-21(33(30)3)13-12-20-9-6-5-7-10-20/h5-7,9-10,12-13,15-16H,8,11,14,17H2,1-4H3/b13-12+. The van der Waals surface area contributed by atoms with E-state index in [2.05, 4.69) is 12.1 Å². The Labute approximate surface area is 210 Å². The lowest BCUT2D eigenvalue weighted by molar-refractivity contribution is -0.139. The summed E-state index contributed by atoms with van der Waals surface area (Å²) in [7, 11) is 3.34. The molecule has 0 unspecified atom stereocenters. The lowest BCUT2D eigenvalue weighted by Gasteiger charge is -2.23. The second kappa shape index (κ2) is 9.61. The maximum Gasteiger partial charge on any atom is 0.310 e. The molecule has 0 bridgehead atoms. The largest absolute Gasteiger partial charge is 0.490 e. The minimum absolute atomic E-state index is 0.0549. The van der Waals surface area contributed by atoms with Gasteiger partial charge in [0.1, 0.15) is 5.65 Å². The number of carbonyl (C=O) groups excluding carboxylic acids is 1. The van der Waals surface area contributed by atoms with E-state index in [0.29, 0.717) is 12.4 Å². The van der Waals surface area contributed by atoms with Crippen molar-refractivity contribution in [2.24, 2.45) is 7.05 Å². The Morgan fingerprint density at radius 2 is 1.97 bits per heavy atom. The van der Waals surface area contributed by atoms with E-state index in [4.69, 9.17) is 14.5 Å². The lowest BCUT2D eigenvalue weighted by atomic mass is 9.87. The first-order chi connectivity index (χ1) is 17.4. The van der Waals surface area contributed by atoms with Gasteiger partial charge in [-0.15, -0.1) is 0 Å². The number of hydrogen-bond donors (Lipinski definition) is 0. The molecule has 2 aromatic heterocycles. The van der Waals surface area contributed by atoms with E-state index >= 15 is 4.39 Å². The number of ether oxygens (including phenoxy) is 2. The van der Waals surface area contributed by atoms with Crippen molar-refractivity contribution in [1.82, 2.24) is 9.55 Å². The Morgan fingerprint density at radius 1 is 1.19 bits per heavy atom. The molecule has 184 valence electrons. The molecule has 0 aliphatic carbocycles. The molecule has 36 heavy (non-hydrogen) atoms. The number of nitrogens with zero attached hydrogens (tertiary/aromatic N) is 2. The first kappa shape index (κ1) is 23.8. The van der Waals surface area contributed by atoms with Crippen molar-refractivity contribution in [2.75, 3.05) is 13.7 Å². The van der Waals surface area contributed by atoms with Crippen LogP contribution in [0.25, 0.3) is 34.3 Å². The molecule has 2 aromatic carbocycles. The molecule has 4 aromatic rings. The molecule has 0 fully saturated rings. The molecule has 0 radical (unpaired) electrons. The first-order valence-electron chi connectivity index (χ1n) is 12.1. The number of aromatic nitrogens is 2. The molecular formula is C30H29FN2O3. The molecule has 0 N–H and O–H groups in total. The highest BCUT2D eigenvalue weighted by molar-refractivity contribution is 6.00. The van der Waals surface area contributed by atoms with Crippen molar-refractivity contribution < 1.29 is 18.7 Å². The zero-order chi connectivity index (χ0) is 25.4. The van der Waals surface area contributed by atoms with Crippen LogP contribution in [0, 0.1) is 19.7 Å². The fourth-order valence-electron chi connectivity index (χ4n) is 5.06. The number of fused-ring (bicyclic) bond motifs is 2. The van der Waals surface area contributed by atoms with Gasteiger partial charge in [0, 0.05) is 29.4 Å². The van der Waals surface area contributed by atoms with Gasteiger partial charge in [0.25, 0.3) is 0 Å². The number of methoxy groups -OCH3 is 1. The average molecular weight is 485 g/mol. The fraction of sp³-hybridized carbons (Fsp3) is 0.267. The number of benzene rings is 2. The van der Waals surface area contributed by atoms with Crippen LogP contribution >= 0.6 is 0 Å². The fourth-order valence-corrected chi connectivity index (χ4v) is 5.06. The molecule has 5 rings (SSSR count). The predicted octanol–water partition coefficient (Wildman–Crippen LogP) is 6.21. The van der Waals surface area contributed by atoms with Gasteiger partial charge in [0.2, 0.25) is 0 Å². The highest BCUT2D eigenvalue weighted by Crippen LogP contribution is 2.42. The molecule has 0 spiro atoms. The monoisotopic (exact) mass is 484 g/mol. The van der Waals surface area contributed by atoms with Crippen molar-refractivity contribution in [3.8, 4) is 16.9 Å². The average Bonchev–Trinajstić information content (AvgIpc) is 3.20. The van der Waals surface area contributed by atoms with Crippen molar-refractivity contribution >= 4 is 29.2 Å². The van der Waals surface area contributed by atoms with Gasteiger partial charge >= 0.3 is 5.97 Å². The summed E-state index contributed by atoms with van der Waals surface area (Å²) in [5, 5.41) is 0.869. The van der Waals surface area contributed by atoms with Gasteiger partial charge < -0.3 is 14.0 Å². The van der Waals surface area contributed by atoms with E-state index in [0.717, 1.165) is 68.6 Å². The van der Waals surface area contributed by atoms with E-state index < -0.39 is 0 Å². The molecule has 0 atom stereocenters. The quantitative estimate of drug-likeness (QED) is 0.316. The summed E-state index contributed by atoms with van der Waals surface area (Å²) in [6.07, 6.45) is 5.75. The van der Waals surface area contributed by atoms with Crippen LogP contribution < -0.4 is 4.74 Å². The molecule has 1 aliphatic rings. The topological polar surface area (TPSA) is 53.3 Å². The van der Waals surface area contributed by atoms with Gasteiger partial charge in [-0.3, -0.25) is 4.79 Å². The van der Waals surface area contributed by atoms with Crippen LogP contribution in [0.15, 0.2) is 42.5 Å². The van der Waals surface area contributed by atoms with Crippen LogP contribution in [0.1, 0.15) is 40.1 Å². The molecule has 0 saturated heterocycles. The minimum atomic E-state index is -0.378. The van der Waals surface area contributed by atoms with E-state index in [1.165, 1.54) is 7.11 Å². The Morgan fingerprint density at radius 3 is 2.72 bits per heavy atom. The van der Waals surface area contributed by atoms with Gasteiger partial charge in [-0.25, -0.2) is 9.37 Å². The number of esters is 1. The SMILES string of the molecule is COC(=O)Cc1c(C)nc2c(cc(/C=C/c3ccccc3)n2C)c1-c1cc(F)c2c(c1C)CCCO2. The van der Waals surface area contributed by atoms with Crippen LogP contribution in [0.5, 0.6) is 5.75 Å². The molecule has 0 saturated carbocycles. The van der Waals surface area contributed by atoms with Crippen molar-refractivity contribution in [2.45, 2.75) is 33.1 Å². The van der Waals surface area contributed by atoms with Crippen LogP contribution in [0.2, 0.25) is 0 Å². The summed E-state index contributed by atoms with van der Waals surface area (Å²) in [5.41, 5.74) is 7.73. The summed E-state index contributed by atoms with van der Waals surface area (Å²) >= 11 is 0. The maximum absolute atomic E-state index is 15.3. The highest BCUT2D eigenvalue weighted by atomic mass is 19.1. The van der Waals surface area contributed by atoms with Crippen LogP contribution in [-0.2, 0) is 29.4 Å². The van der Waals surface area contributed by atoms with E-state index in [1.807, 2.05) is 61.9 Å². The zero-order valence-corrected chi connectivity index (χ0v) is 21.0. The summed E-state index contributed by atoms with van der Waals surface area (Å²) < 4.78 is 28.0. The van der Waals surface area contributed by atoms with Crippen molar-refractivity contribution in [1.29, 1.82) is 0 Å². The second-order valence-electron chi connectivity index (χ2n) is 9.20. The number of pyridine rings is 1. The van der Waals surface area contributed by atoms with Gasteiger partial charge in [-0.2, -0.15) is 0 Å². The molecular weight excluding hydrogens is 455 g/mol. The van der Waals surface area contributed by atoms with Crippen LogP contribution in [0.3, 0.4) is 0 Å². The number of halogens is 1. The third kappa shape index (κ3) is 4.17. The summed E-state index contributed by atoms with van der Waals surface area (Å²) in [6.45, 7) is 4.41. The molecule has 1 aliphatic heterocycles. The normalized spacial score (nSPS) is 13.1. The van der Waals surface area contributed by atoms with Crippen molar-refractivity contribution in [3.05, 3.63) is 81.9 Å². The first-order valence-corrected chi connectivity index (χ1v) is 12.1. The van der Waals surface area contributed by atoms with Crippen LogP contribution in [0.4, 0.5) is 4.39 Å². The number of aryl methyl sites for hydroxylation is 2. The Bertz CT molecular complexity index is 1500. The maximum atomic E-state index is 15.3. The molecule has 5 nitrogen and oxygen atoms in total. The number of carbonyl (C=O) groups is 1. The smallest absolute Gasteiger partial charge is 0.310 e. The predicted molar refractivity (Wildman–Crippen MR) is 140 cm³/mol. The van der Waals surface area contributed by atoms with Crippen molar-refractivity contribution in [3.63, 3.8) is 0 Å². The molecule has 3 heterocycles. The Hall–Kier alpha value is -3.93. The third-order valence-electron chi connectivity index (χ3n) is 7.02. The lowest BCUT2D eigenvalue weighted by Crippen LogP contribution is -2.13. The number of hydrogen-bond acceptors (Lipinski definition) is 4. The van der Waals surface area contributed by atoms with Crippen LogP contribution in [-0.4, -0.2) is 29.2 Å². The Kier molecular flexibility index (Phi) is 6.35. The van der Waals surface area contributed by atoms with Gasteiger partial charge in [-0.1, -0.05) is 36.4 Å². The van der Waals surface area contributed by atoms with Gasteiger partial charge in [0.05, 0.1) is 20.1 Å². The van der Waals surface area contributed by atoms with Gasteiger partial charge in [0.15, 0.2) is 11.6 Å². The summed E-state index contributed by atoms with van der Waals surface area (Å²) in [6, 6.07) is 13.7. The summed E-state index contributed by atoms with van der Waals surface area (Å²) in [5.74, 6) is -0.393. The van der Waals surface area contributed by atoms with E-state index in [-0.39, 0.29) is 18.2 Å². The second-order valence-corrected chi connectivity index (χ2v) is 9.20. The van der Waals surface area contributed by atoms with Gasteiger partial charge in [-0.05, 0) is 72.7 Å². The third-order valence-corrected chi connectivity index (χ3v) is 7.02. The number of rotatable bonds is 5. The summed E-state index contributed by atoms with van der Waals surface area (Å²) in [4.78, 5) is 17.3. The van der Waals surface area contributed by atoms with E-state index in [1.54, 1.807) is 6.07 Å². The zero-order valence-electron chi connectivity index (χ0n) is 21.0. The highest BCUT2D eigenvalue weighted by Gasteiger charge is 2.26. The molecule has 0 amide bonds. The molecule has 6 heteroatoms. The minimum Gasteiger partial charge on any atom is -0.490 e. The van der Waals surface area contributed by atoms with E-state index in [9.17, 15) is 4.79 Å².